The fourth-order valence-electron chi connectivity index (χ4n) is 1.68. The minimum atomic E-state index is 0.00569. The van der Waals surface area contributed by atoms with Crippen molar-refractivity contribution >= 4 is 5.70 Å². The van der Waals surface area contributed by atoms with Crippen LogP contribution in [0.1, 0.15) is 19.3 Å². The van der Waals surface area contributed by atoms with Gasteiger partial charge in [0, 0.05) is 23.0 Å². The lowest BCUT2D eigenvalue weighted by Crippen LogP contribution is -2.09. The highest BCUT2D eigenvalue weighted by Gasteiger charge is 2.12. The van der Waals surface area contributed by atoms with Crippen LogP contribution in [0.4, 0.5) is 0 Å². The van der Waals surface area contributed by atoms with Crippen LogP contribution in [0.2, 0.25) is 0 Å². The second-order valence-electron chi connectivity index (χ2n) is 3.29. The molecule has 1 aliphatic carbocycles. The molecule has 1 aromatic rings. The summed E-state index contributed by atoms with van der Waals surface area (Å²) in [6, 6.07) is 0.00569. The Hall–Kier alpha value is -1.74. The molecule has 0 fully saturated rings. The van der Waals surface area contributed by atoms with Crippen LogP contribution in [0.25, 0.3) is 16.1 Å². The first-order chi connectivity index (χ1) is 6.90. The predicted octanol–water partition coefficient (Wildman–Crippen LogP) is 2.59. The zero-order chi connectivity index (χ0) is 9.80. The number of hydrogen-bond acceptors (Lipinski definition) is 2. The van der Waals surface area contributed by atoms with Crippen LogP contribution in [0.15, 0.2) is 29.9 Å². The van der Waals surface area contributed by atoms with Gasteiger partial charge in [-0.1, -0.05) is 11.2 Å². The summed E-state index contributed by atoms with van der Waals surface area (Å²) in [4.78, 5) is 6.82. The third-order valence-electron chi connectivity index (χ3n) is 2.35. The second kappa shape index (κ2) is 3.98. The normalized spacial score (nSPS) is 21.1. The summed E-state index contributed by atoms with van der Waals surface area (Å²) in [7, 11) is 0. The van der Waals surface area contributed by atoms with Crippen molar-refractivity contribution in [3.8, 4) is 0 Å². The summed E-state index contributed by atoms with van der Waals surface area (Å²) in [5.41, 5.74) is 9.52. The van der Waals surface area contributed by atoms with Gasteiger partial charge < -0.3 is 4.57 Å². The van der Waals surface area contributed by atoms with E-state index < -0.39 is 0 Å². The third kappa shape index (κ3) is 1.78. The number of aromatic nitrogens is 2. The summed E-state index contributed by atoms with van der Waals surface area (Å²) < 4.78 is 1.97. The Bertz CT molecular complexity index is 372. The topological polar surface area (TPSA) is 66.6 Å². The maximum atomic E-state index is 8.35. The van der Waals surface area contributed by atoms with Gasteiger partial charge in [0.25, 0.3) is 0 Å². The van der Waals surface area contributed by atoms with Crippen LogP contribution < -0.4 is 0 Å². The molecule has 1 unspecified atom stereocenters. The molecule has 5 heteroatoms. The van der Waals surface area contributed by atoms with Gasteiger partial charge in [-0.25, -0.2) is 4.98 Å². The highest BCUT2D eigenvalue weighted by Crippen LogP contribution is 2.23. The van der Waals surface area contributed by atoms with E-state index in [4.69, 9.17) is 5.53 Å². The monoisotopic (exact) mass is 189 g/mol. The van der Waals surface area contributed by atoms with Gasteiger partial charge in [-0.15, -0.1) is 0 Å². The van der Waals surface area contributed by atoms with Crippen LogP contribution >= 0.6 is 0 Å². The van der Waals surface area contributed by atoms with Gasteiger partial charge in [-0.2, -0.15) is 0 Å². The molecule has 0 aromatic carbocycles. The number of hydrogen-bond donors (Lipinski definition) is 0. The van der Waals surface area contributed by atoms with E-state index in [0.29, 0.717) is 0 Å². The summed E-state index contributed by atoms with van der Waals surface area (Å²) >= 11 is 0. The molecule has 0 radical (unpaired) electrons. The first-order valence-electron chi connectivity index (χ1n) is 4.63. The molecule has 14 heavy (non-hydrogen) atoms. The Kier molecular flexibility index (Phi) is 2.51. The van der Waals surface area contributed by atoms with E-state index in [9.17, 15) is 0 Å². The Labute approximate surface area is 81.7 Å². The maximum absolute atomic E-state index is 8.35. The van der Waals surface area contributed by atoms with Crippen molar-refractivity contribution in [2.75, 3.05) is 0 Å². The molecule has 0 N–H and O–H groups in total. The number of rotatable bonds is 2. The van der Waals surface area contributed by atoms with Crippen LogP contribution in [-0.2, 0) is 0 Å². The van der Waals surface area contributed by atoms with E-state index in [2.05, 4.69) is 15.0 Å². The zero-order valence-electron chi connectivity index (χ0n) is 7.74. The van der Waals surface area contributed by atoms with Crippen molar-refractivity contribution in [1.29, 1.82) is 0 Å². The summed E-state index contributed by atoms with van der Waals surface area (Å²) in [5.74, 6) is 0. The molecule has 1 atom stereocenters. The predicted molar refractivity (Wildman–Crippen MR) is 53.3 cm³/mol. The average Bonchev–Trinajstić information content (AvgIpc) is 2.71. The van der Waals surface area contributed by atoms with Crippen molar-refractivity contribution < 1.29 is 0 Å². The summed E-state index contributed by atoms with van der Waals surface area (Å²) in [5, 5.41) is 3.71. The number of allylic oxidation sites excluding steroid dienone is 1. The number of azide groups is 1. The second-order valence-corrected chi connectivity index (χ2v) is 3.29. The Morgan fingerprint density at radius 3 is 3.29 bits per heavy atom. The number of imidazole rings is 1. The lowest BCUT2D eigenvalue weighted by Gasteiger charge is -2.17. The van der Waals surface area contributed by atoms with Crippen molar-refractivity contribution in [3.05, 3.63) is 35.2 Å². The molecule has 0 saturated heterocycles. The Morgan fingerprint density at radius 1 is 1.64 bits per heavy atom. The van der Waals surface area contributed by atoms with Gasteiger partial charge in [0.2, 0.25) is 0 Å². The van der Waals surface area contributed by atoms with E-state index in [1.165, 1.54) is 5.70 Å². The Morgan fingerprint density at radius 2 is 2.57 bits per heavy atom. The van der Waals surface area contributed by atoms with Crippen LogP contribution in [0.3, 0.4) is 0 Å². The first kappa shape index (κ1) is 8.84. The largest absolute Gasteiger partial charge is 0.310 e. The molecular weight excluding hydrogens is 178 g/mol. The molecule has 0 amide bonds. The smallest absolute Gasteiger partial charge is 0.0989 e. The van der Waals surface area contributed by atoms with Crippen molar-refractivity contribution in [1.82, 2.24) is 9.55 Å². The molecule has 1 aromatic heterocycles. The average molecular weight is 189 g/mol. The molecule has 0 spiro atoms. The third-order valence-corrected chi connectivity index (χ3v) is 2.35. The lowest BCUT2D eigenvalue weighted by molar-refractivity contribution is 0.637. The lowest BCUT2D eigenvalue weighted by atomic mass is 10.0. The summed E-state index contributed by atoms with van der Waals surface area (Å²) in [6.07, 6.45) is 10.5. The van der Waals surface area contributed by atoms with Crippen molar-refractivity contribution in [2.45, 2.75) is 25.3 Å². The molecule has 72 valence electrons. The molecule has 1 heterocycles. The molecule has 1 aliphatic rings. The highest BCUT2D eigenvalue weighted by atomic mass is 15.1. The fraction of sp³-hybridized carbons (Fsp3) is 0.444. The molecule has 0 bridgehead atoms. The van der Waals surface area contributed by atoms with Gasteiger partial charge in [0.05, 0.1) is 12.4 Å². The zero-order valence-corrected chi connectivity index (χ0v) is 7.74. The van der Waals surface area contributed by atoms with Gasteiger partial charge >= 0.3 is 0 Å². The standard InChI is InChI=1S/C9H11N5/c10-13-12-8-2-1-3-9(6-8)14-5-4-11-7-14/h4-8H,1-3H2. The van der Waals surface area contributed by atoms with Gasteiger partial charge in [0.15, 0.2) is 0 Å². The van der Waals surface area contributed by atoms with E-state index in [-0.39, 0.29) is 6.04 Å². The first-order valence-corrected chi connectivity index (χ1v) is 4.63. The molecular formula is C9H11N5. The SMILES string of the molecule is [N-]=[N+]=NC1C=C(n2ccnc2)CCC1. The van der Waals surface area contributed by atoms with Gasteiger partial charge in [-0.3, -0.25) is 0 Å². The van der Waals surface area contributed by atoms with Crippen molar-refractivity contribution in [3.63, 3.8) is 0 Å². The molecule has 0 saturated carbocycles. The quantitative estimate of drug-likeness (QED) is 0.400. The molecule has 2 rings (SSSR count). The number of nitrogens with zero attached hydrogens (tertiary/aromatic N) is 5. The highest BCUT2D eigenvalue weighted by molar-refractivity contribution is 5.47. The van der Waals surface area contributed by atoms with E-state index >= 15 is 0 Å². The van der Waals surface area contributed by atoms with Crippen LogP contribution in [0, 0.1) is 0 Å². The van der Waals surface area contributed by atoms with Crippen molar-refractivity contribution in [2.24, 2.45) is 5.11 Å². The Balaban J connectivity index is 2.23. The maximum Gasteiger partial charge on any atom is 0.0989 e. The van der Waals surface area contributed by atoms with Gasteiger partial charge in [0.1, 0.15) is 0 Å². The van der Waals surface area contributed by atoms with Gasteiger partial charge in [-0.05, 0) is 24.8 Å². The summed E-state index contributed by atoms with van der Waals surface area (Å²) in [6.45, 7) is 0. The fourth-order valence-corrected chi connectivity index (χ4v) is 1.68. The van der Waals surface area contributed by atoms with E-state index in [1.54, 1.807) is 12.5 Å². The van der Waals surface area contributed by atoms with Crippen LogP contribution in [0.5, 0.6) is 0 Å². The van der Waals surface area contributed by atoms with E-state index in [1.807, 2.05) is 16.8 Å². The minimum absolute atomic E-state index is 0.00569. The molecule has 0 aliphatic heterocycles. The van der Waals surface area contributed by atoms with Crippen LogP contribution in [-0.4, -0.2) is 15.6 Å². The van der Waals surface area contributed by atoms with E-state index in [0.717, 1.165) is 19.3 Å². The minimum Gasteiger partial charge on any atom is -0.310 e. The molecule has 5 nitrogen and oxygen atoms in total.